The minimum atomic E-state index is -0.709. The fraction of sp³-hybridized carbons (Fsp3) is 0. The quantitative estimate of drug-likeness (QED) is 0.606. The lowest BCUT2D eigenvalue weighted by Gasteiger charge is -2.07. The molecule has 0 aliphatic rings. The highest BCUT2D eigenvalue weighted by molar-refractivity contribution is 5.82. The maximum Gasteiger partial charge on any atom is 0.333 e. The predicted molar refractivity (Wildman–Crippen MR) is 66.1 cm³/mol. The second kappa shape index (κ2) is 3.84. The van der Waals surface area contributed by atoms with E-state index < -0.39 is 17.1 Å². The molecule has 2 aromatic heterocycles. The zero-order valence-corrected chi connectivity index (χ0v) is 9.48. The summed E-state index contributed by atoms with van der Waals surface area (Å²) in [6.45, 7) is 0. The van der Waals surface area contributed by atoms with E-state index in [-0.39, 0.29) is 16.8 Å². The van der Waals surface area contributed by atoms with Gasteiger partial charge in [0.05, 0.1) is 5.69 Å². The van der Waals surface area contributed by atoms with Crippen LogP contribution in [0.5, 0.6) is 5.75 Å². The summed E-state index contributed by atoms with van der Waals surface area (Å²) in [5, 5.41) is 9.74. The number of aromatic nitrogens is 3. The van der Waals surface area contributed by atoms with Crippen LogP contribution in [0.25, 0.3) is 16.7 Å². The monoisotopic (exact) mass is 261 g/mol. The molecule has 0 saturated heterocycles. The lowest BCUT2D eigenvalue weighted by Crippen LogP contribution is -2.29. The molecule has 0 spiro atoms. The van der Waals surface area contributed by atoms with Gasteiger partial charge >= 0.3 is 5.69 Å². The Labute approximate surface area is 104 Å². The highest BCUT2D eigenvalue weighted by Gasteiger charge is 2.14. The molecule has 6 nitrogen and oxygen atoms in total. The van der Waals surface area contributed by atoms with Gasteiger partial charge in [0.1, 0.15) is 16.9 Å². The van der Waals surface area contributed by atoms with Gasteiger partial charge in [-0.1, -0.05) is 0 Å². The van der Waals surface area contributed by atoms with Gasteiger partial charge in [0.2, 0.25) is 0 Å². The highest BCUT2D eigenvalue weighted by atomic mass is 19.1. The molecular weight excluding hydrogens is 253 g/mol. The molecule has 0 atom stereocenters. The smallest absolute Gasteiger partial charge is 0.333 e. The normalized spacial score (nSPS) is 11.0. The molecule has 0 radical (unpaired) electrons. The Morgan fingerprint density at radius 1 is 1.16 bits per heavy atom. The van der Waals surface area contributed by atoms with Crippen LogP contribution in [-0.4, -0.2) is 19.6 Å². The van der Waals surface area contributed by atoms with E-state index in [0.29, 0.717) is 5.69 Å². The van der Waals surface area contributed by atoms with Gasteiger partial charge in [0, 0.05) is 6.20 Å². The maximum atomic E-state index is 12.9. The molecular formula is C12H8FN3O3. The zero-order valence-electron chi connectivity index (χ0n) is 9.48. The Morgan fingerprint density at radius 3 is 2.53 bits per heavy atom. The first-order chi connectivity index (χ1) is 9.08. The average molecular weight is 261 g/mol. The minimum Gasteiger partial charge on any atom is -0.504 e. The largest absolute Gasteiger partial charge is 0.504 e. The number of H-pyrrole nitrogens is 2. The van der Waals surface area contributed by atoms with Gasteiger partial charge in [-0.25, -0.2) is 9.18 Å². The van der Waals surface area contributed by atoms with Crippen LogP contribution in [0.1, 0.15) is 0 Å². The Hall–Kier alpha value is -2.83. The number of halogens is 1. The van der Waals surface area contributed by atoms with Gasteiger partial charge < -0.3 is 10.1 Å². The predicted octanol–water partition coefficient (Wildman–Crippen LogP) is 0.852. The summed E-state index contributed by atoms with van der Waals surface area (Å²) < 4.78 is 14.0. The third kappa shape index (κ3) is 1.63. The summed E-state index contributed by atoms with van der Waals surface area (Å²) in [4.78, 5) is 28.2. The number of hydrogen-bond donors (Lipinski definition) is 3. The standard InChI is InChI=1S/C12H8FN3O3/c13-6-1-3-7(4-2-6)16-10-8(17)5-14-9(10)11(18)15-12(16)19/h1-5,14,17H,(H,15,18,19). The summed E-state index contributed by atoms with van der Waals surface area (Å²) in [7, 11) is 0. The van der Waals surface area contributed by atoms with E-state index in [1.165, 1.54) is 30.5 Å². The number of benzene rings is 1. The van der Waals surface area contributed by atoms with Crippen LogP contribution in [0.3, 0.4) is 0 Å². The van der Waals surface area contributed by atoms with Crippen LogP contribution in [-0.2, 0) is 0 Å². The molecule has 3 rings (SSSR count). The second-order valence-corrected chi connectivity index (χ2v) is 3.97. The molecule has 0 amide bonds. The zero-order chi connectivity index (χ0) is 13.6. The number of nitrogens with zero attached hydrogens (tertiary/aromatic N) is 1. The Kier molecular flexibility index (Phi) is 2.28. The number of nitrogens with one attached hydrogen (secondary N) is 2. The fourth-order valence-electron chi connectivity index (χ4n) is 1.96. The number of aromatic hydroxyl groups is 1. The van der Waals surface area contributed by atoms with Crippen LogP contribution >= 0.6 is 0 Å². The molecule has 3 N–H and O–H groups in total. The summed E-state index contributed by atoms with van der Waals surface area (Å²) in [6.07, 6.45) is 1.21. The van der Waals surface area contributed by atoms with Crippen molar-refractivity contribution >= 4 is 11.0 Å². The van der Waals surface area contributed by atoms with Crippen molar-refractivity contribution in [2.75, 3.05) is 0 Å². The van der Waals surface area contributed by atoms with E-state index in [2.05, 4.69) is 9.97 Å². The number of fused-ring (bicyclic) bond motifs is 1. The number of aromatic amines is 2. The van der Waals surface area contributed by atoms with E-state index in [1.54, 1.807) is 0 Å². The summed E-state index contributed by atoms with van der Waals surface area (Å²) >= 11 is 0. The van der Waals surface area contributed by atoms with Crippen molar-refractivity contribution in [3.05, 3.63) is 57.1 Å². The average Bonchev–Trinajstić information content (AvgIpc) is 2.75. The van der Waals surface area contributed by atoms with Gasteiger partial charge in [-0.05, 0) is 24.3 Å². The van der Waals surface area contributed by atoms with E-state index in [0.717, 1.165) is 4.57 Å². The molecule has 7 heteroatoms. The molecule has 2 heterocycles. The van der Waals surface area contributed by atoms with Crippen LogP contribution < -0.4 is 11.2 Å². The Bertz CT molecular complexity index is 874. The molecule has 0 aliphatic heterocycles. The van der Waals surface area contributed by atoms with Crippen molar-refractivity contribution in [2.24, 2.45) is 0 Å². The Balaban J connectivity index is 2.47. The molecule has 0 saturated carbocycles. The summed E-state index contributed by atoms with van der Waals surface area (Å²) in [5.74, 6) is -0.682. The molecule has 0 unspecified atom stereocenters. The lowest BCUT2D eigenvalue weighted by atomic mass is 10.3. The second-order valence-electron chi connectivity index (χ2n) is 3.97. The van der Waals surface area contributed by atoms with E-state index in [4.69, 9.17) is 0 Å². The van der Waals surface area contributed by atoms with Crippen molar-refractivity contribution in [3.8, 4) is 11.4 Å². The van der Waals surface area contributed by atoms with Gasteiger partial charge in [0.15, 0.2) is 5.75 Å². The van der Waals surface area contributed by atoms with Crippen molar-refractivity contribution in [2.45, 2.75) is 0 Å². The molecule has 3 aromatic rings. The first-order valence-corrected chi connectivity index (χ1v) is 5.39. The first-order valence-electron chi connectivity index (χ1n) is 5.39. The number of hydrogen-bond acceptors (Lipinski definition) is 3. The maximum absolute atomic E-state index is 12.9. The molecule has 1 aromatic carbocycles. The molecule has 0 aliphatic carbocycles. The van der Waals surface area contributed by atoms with Gasteiger partial charge in [-0.15, -0.1) is 0 Å². The third-order valence-corrected chi connectivity index (χ3v) is 2.79. The molecule has 96 valence electrons. The lowest BCUT2D eigenvalue weighted by molar-refractivity contribution is 0.479. The summed E-state index contributed by atoms with van der Waals surface area (Å²) in [6, 6.07) is 5.12. The van der Waals surface area contributed by atoms with Crippen molar-refractivity contribution in [1.29, 1.82) is 0 Å². The fourth-order valence-corrected chi connectivity index (χ4v) is 1.96. The third-order valence-electron chi connectivity index (χ3n) is 2.79. The van der Waals surface area contributed by atoms with Crippen molar-refractivity contribution in [3.63, 3.8) is 0 Å². The van der Waals surface area contributed by atoms with E-state index in [9.17, 15) is 19.1 Å². The van der Waals surface area contributed by atoms with Gasteiger partial charge in [-0.3, -0.25) is 14.3 Å². The van der Waals surface area contributed by atoms with Crippen LogP contribution in [0.2, 0.25) is 0 Å². The summed E-state index contributed by atoms with van der Waals surface area (Å²) in [5.41, 5.74) is -0.873. The molecule has 19 heavy (non-hydrogen) atoms. The van der Waals surface area contributed by atoms with Crippen LogP contribution in [0.15, 0.2) is 40.1 Å². The Morgan fingerprint density at radius 2 is 1.84 bits per heavy atom. The SMILES string of the molecule is O=c1[nH]c(=O)n(-c2ccc(F)cc2)c2c(O)c[nH]c12. The molecule has 0 bridgehead atoms. The topological polar surface area (TPSA) is 90.9 Å². The van der Waals surface area contributed by atoms with E-state index >= 15 is 0 Å². The minimum absolute atomic E-state index is 0.0559. The van der Waals surface area contributed by atoms with Gasteiger partial charge in [0.25, 0.3) is 5.56 Å². The highest BCUT2D eigenvalue weighted by Crippen LogP contribution is 2.22. The van der Waals surface area contributed by atoms with Crippen molar-refractivity contribution in [1.82, 2.24) is 14.5 Å². The van der Waals surface area contributed by atoms with E-state index in [1.807, 2.05) is 0 Å². The van der Waals surface area contributed by atoms with Crippen LogP contribution in [0.4, 0.5) is 4.39 Å². The van der Waals surface area contributed by atoms with Crippen molar-refractivity contribution < 1.29 is 9.50 Å². The molecule has 0 fully saturated rings. The first kappa shape index (κ1) is 11.3. The van der Waals surface area contributed by atoms with Gasteiger partial charge in [-0.2, -0.15) is 0 Å². The number of rotatable bonds is 1. The van der Waals surface area contributed by atoms with Crippen LogP contribution in [0, 0.1) is 5.82 Å².